The van der Waals surface area contributed by atoms with Gasteiger partial charge in [-0.15, -0.1) is 11.3 Å². The molecule has 6 aromatic carbocycles. The van der Waals surface area contributed by atoms with Crippen LogP contribution in [0.1, 0.15) is 19.2 Å². The van der Waals surface area contributed by atoms with Gasteiger partial charge in [-0.05, 0) is 53.8 Å². The first kappa shape index (κ1) is 33.3. The molecule has 0 fully saturated rings. The number of hydrogen-bond acceptors (Lipinski definition) is 7. The largest absolute Gasteiger partial charge is 0.455 e. The van der Waals surface area contributed by atoms with Crippen molar-refractivity contribution in [1.29, 1.82) is 0 Å². The summed E-state index contributed by atoms with van der Waals surface area (Å²) in [6.45, 7) is 2.22. The first-order chi connectivity index (χ1) is 28.1. The Morgan fingerprint density at radius 1 is 0.544 bits per heavy atom. The summed E-state index contributed by atoms with van der Waals surface area (Å²) in [6, 6.07) is 50.1. The van der Waals surface area contributed by atoms with Gasteiger partial charge < -0.3 is 4.42 Å². The highest BCUT2D eigenvalue weighted by Crippen LogP contribution is 2.41. The van der Waals surface area contributed by atoms with Crippen LogP contribution in [-0.4, -0.2) is 24.9 Å². The number of allylic oxidation sites excluding steroid dienone is 4. The normalized spacial score (nSPS) is 14.2. The van der Waals surface area contributed by atoms with Crippen molar-refractivity contribution >= 4 is 59.2 Å². The summed E-state index contributed by atoms with van der Waals surface area (Å²) in [6.07, 6.45) is 7.34. The second-order valence-electron chi connectivity index (χ2n) is 14.5. The molecule has 0 radical (unpaired) electrons. The molecule has 0 aliphatic heterocycles. The first-order valence-electron chi connectivity index (χ1n) is 19.1. The smallest absolute Gasteiger partial charge is 0.167 e. The second kappa shape index (κ2) is 13.6. The number of thiophene rings is 1. The maximum atomic E-state index is 6.81. The Morgan fingerprint density at radius 3 is 2.09 bits per heavy atom. The van der Waals surface area contributed by atoms with E-state index in [2.05, 4.69) is 153 Å². The molecule has 10 aromatic rings. The molecule has 7 heteroatoms. The average molecular weight is 752 g/mol. The van der Waals surface area contributed by atoms with E-state index in [0.717, 1.165) is 88.6 Å². The zero-order valence-corrected chi connectivity index (χ0v) is 31.7. The van der Waals surface area contributed by atoms with Gasteiger partial charge in [-0.1, -0.05) is 140 Å². The highest BCUT2D eigenvalue weighted by molar-refractivity contribution is 7.26. The molecule has 1 aliphatic rings. The minimum atomic E-state index is 0.269. The Morgan fingerprint density at radius 2 is 1.23 bits per heavy atom. The first-order valence-corrected chi connectivity index (χ1v) is 20.0. The van der Waals surface area contributed by atoms with Gasteiger partial charge in [0.2, 0.25) is 0 Å². The average Bonchev–Trinajstić information content (AvgIpc) is 3.85. The molecule has 11 rings (SSSR count). The zero-order valence-electron chi connectivity index (χ0n) is 30.9. The number of benzene rings is 6. The summed E-state index contributed by atoms with van der Waals surface area (Å²) in [4.78, 5) is 25.8. The number of fused-ring (bicyclic) bond motifs is 6. The number of rotatable bonds is 6. The van der Waals surface area contributed by atoms with Gasteiger partial charge in [0, 0.05) is 43.1 Å². The van der Waals surface area contributed by atoms with Crippen LogP contribution in [0.25, 0.3) is 104 Å². The molecule has 0 amide bonds. The number of furan rings is 1. The summed E-state index contributed by atoms with van der Waals surface area (Å²) in [5.74, 6) is 2.79. The van der Waals surface area contributed by atoms with Gasteiger partial charge in [0.15, 0.2) is 23.3 Å². The topological polar surface area (TPSA) is 77.6 Å². The van der Waals surface area contributed by atoms with Crippen LogP contribution in [0.5, 0.6) is 0 Å². The van der Waals surface area contributed by atoms with Crippen molar-refractivity contribution in [3.8, 4) is 56.5 Å². The predicted octanol–water partition coefficient (Wildman–Crippen LogP) is 13.2. The summed E-state index contributed by atoms with van der Waals surface area (Å²) < 4.78 is 9.08. The molecule has 57 heavy (non-hydrogen) atoms. The van der Waals surface area contributed by atoms with Crippen LogP contribution < -0.4 is 0 Å². The maximum Gasteiger partial charge on any atom is 0.167 e. The quantitative estimate of drug-likeness (QED) is 0.168. The van der Waals surface area contributed by atoms with E-state index in [0.29, 0.717) is 23.3 Å². The lowest BCUT2D eigenvalue weighted by Crippen LogP contribution is -2.08. The van der Waals surface area contributed by atoms with Gasteiger partial charge in [-0.25, -0.2) is 24.9 Å². The van der Waals surface area contributed by atoms with Crippen LogP contribution >= 0.6 is 11.3 Å². The fourth-order valence-corrected chi connectivity index (χ4v) is 9.04. The number of nitrogens with zero attached hydrogens (tertiary/aromatic N) is 5. The zero-order chi connectivity index (χ0) is 37.9. The fraction of sp³-hybridized carbons (Fsp3) is 0.0600. The monoisotopic (exact) mass is 751 g/mol. The number of aromatic nitrogens is 5. The van der Waals surface area contributed by atoms with E-state index < -0.39 is 0 Å². The molecule has 1 atom stereocenters. The van der Waals surface area contributed by atoms with Gasteiger partial charge in [-0.3, -0.25) is 0 Å². The van der Waals surface area contributed by atoms with Crippen molar-refractivity contribution in [2.45, 2.75) is 13.3 Å². The number of hydrogen-bond donors (Lipinski definition) is 0. The highest BCUT2D eigenvalue weighted by Gasteiger charge is 2.22. The Balaban J connectivity index is 1.07. The van der Waals surface area contributed by atoms with Gasteiger partial charge in [0.25, 0.3) is 0 Å². The third kappa shape index (κ3) is 5.83. The molecule has 0 bridgehead atoms. The van der Waals surface area contributed by atoms with Crippen molar-refractivity contribution in [3.63, 3.8) is 0 Å². The van der Waals surface area contributed by atoms with Crippen LogP contribution in [0.3, 0.4) is 0 Å². The SMILES string of the molecule is CC1CC=CC=C1c1nc(-c2cccc(-c3ccccc3)c2)nc(-c2cccc3c2oc2cc(-c4nc(-c5ccccc5)c5sc6ccccc6c5n4)ccc23)n1. The third-order valence-corrected chi connectivity index (χ3v) is 12.0. The lowest BCUT2D eigenvalue weighted by Gasteiger charge is -2.17. The fourth-order valence-electron chi connectivity index (χ4n) is 7.89. The van der Waals surface area contributed by atoms with Crippen molar-refractivity contribution < 1.29 is 4.42 Å². The van der Waals surface area contributed by atoms with Crippen LogP contribution in [-0.2, 0) is 0 Å². The Hall–Kier alpha value is -7.09. The van der Waals surface area contributed by atoms with Gasteiger partial charge in [0.1, 0.15) is 11.2 Å². The van der Waals surface area contributed by atoms with Crippen molar-refractivity contribution in [2.24, 2.45) is 5.92 Å². The molecule has 0 spiro atoms. The Bertz CT molecular complexity index is 3240. The van der Waals surface area contributed by atoms with E-state index in [9.17, 15) is 0 Å². The summed E-state index contributed by atoms with van der Waals surface area (Å²) in [5, 5.41) is 3.12. The van der Waals surface area contributed by atoms with Crippen LogP contribution in [0.15, 0.2) is 168 Å². The lowest BCUT2D eigenvalue weighted by atomic mass is 9.92. The molecule has 0 N–H and O–H groups in total. The maximum absolute atomic E-state index is 6.81. The summed E-state index contributed by atoms with van der Waals surface area (Å²) in [7, 11) is 0. The standard InChI is InChI=1S/C50H33N5OS/c1-30-14-8-9-21-36(30)49-53-48(34-20-12-19-33(28-34)31-15-4-2-5-16-31)54-50(55-49)40-24-13-23-38-37-27-26-35(29-41(37)56-45(38)40)47-51-43(32-17-6-3-7-18-32)46-44(52-47)39-22-10-11-25-42(39)57-46/h2-13,15-30H,14H2,1H3. The summed E-state index contributed by atoms with van der Waals surface area (Å²) >= 11 is 1.73. The number of para-hydroxylation sites is 1. The molecule has 0 saturated heterocycles. The van der Waals surface area contributed by atoms with E-state index in [-0.39, 0.29) is 5.92 Å². The van der Waals surface area contributed by atoms with E-state index in [1.165, 1.54) is 4.70 Å². The summed E-state index contributed by atoms with van der Waals surface area (Å²) in [5.41, 5.74) is 10.4. The van der Waals surface area contributed by atoms with E-state index in [1.807, 2.05) is 18.2 Å². The van der Waals surface area contributed by atoms with Crippen molar-refractivity contribution in [3.05, 3.63) is 170 Å². The molecular formula is C50H33N5OS. The molecule has 270 valence electrons. The molecule has 1 aliphatic carbocycles. The lowest BCUT2D eigenvalue weighted by molar-refractivity contribution is 0.669. The molecule has 4 aromatic heterocycles. The van der Waals surface area contributed by atoms with Gasteiger partial charge >= 0.3 is 0 Å². The minimum Gasteiger partial charge on any atom is -0.455 e. The highest BCUT2D eigenvalue weighted by atomic mass is 32.1. The van der Waals surface area contributed by atoms with Gasteiger partial charge in [-0.2, -0.15) is 0 Å². The molecule has 0 saturated carbocycles. The van der Waals surface area contributed by atoms with E-state index >= 15 is 0 Å². The van der Waals surface area contributed by atoms with Crippen LogP contribution in [0.4, 0.5) is 0 Å². The van der Waals surface area contributed by atoms with Crippen LogP contribution in [0, 0.1) is 5.92 Å². The molecule has 6 nitrogen and oxygen atoms in total. The molecule has 4 heterocycles. The van der Waals surface area contributed by atoms with E-state index in [4.69, 9.17) is 29.3 Å². The minimum absolute atomic E-state index is 0.269. The Kier molecular flexibility index (Phi) is 7.93. The van der Waals surface area contributed by atoms with Crippen molar-refractivity contribution in [2.75, 3.05) is 0 Å². The van der Waals surface area contributed by atoms with Crippen LogP contribution in [0.2, 0.25) is 0 Å². The van der Waals surface area contributed by atoms with Crippen molar-refractivity contribution in [1.82, 2.24) is 24.9 Å². The second-order valence-corrected chi connectivity index (χ2v) is 15.5. The Labute approximate surface area is 332 Å². The molecule has 1 unspecified atom stereocenters. The predicted molar refractivity (Wildman–Crippen MR) is 234 cm³/mol. The molecular weight excluding hydrogens is 719 g/mol. The third-order valence-electron chi connectivity index (χ3n) is 10.8. The van der Waals surface area contributed by atoms with Gasteiger partial charge in [0.05, 0.1) is 21.5 Å². The van der Waals surface area contributed by atoms with E-state index in [1.54, 1.807) is 11.3 Å².